The van der Waals surface area contributed by atoms with Gasteiger partial charge in [0.05, 0.1) is 0 Å². The highest BCUT2D eigenvalue weighted by atomic mass is 32.1. The van der Waals surface area contributed by atoms with Crippen LogP contribution in [-0.2, 0) is 0 Å². The predicted octanol–water partition coefficient (Wildman–Crippen LogP) is 3.86. The number of hydrogen-bond acceptors (Lipinski definition) is 4. The monoisotopic (exact) mass is 241 g/mol. The number of unbranched alkanes of at least 4 members (excludes halogenated alkanes) is 3. The molecule has 1 N–H and O–H groups in total. The molecule has 1 aromatic heterocycles. The molecule has 0 aromatic carbocycles. The Hall–Kier alpha value is -0.640. The van der Waals surface area contributed by atoms with Crippen molar-refractivity contribution in [3.63, 3.8) is 0 Å². The molecule has 1 aromatic rings. The molecule has 0 aliphatic carbocycles. The van der Waals surface area contributed by atoms with Gasteiger partial charge in [-0.1, -0.05) is 39.5 Å². The zero-order chi connectivity index (χ0) is 11.8. The number of rotatable bonds is 8. The first-order valence-electron chi connectivity index (χ1n) is 6.22. The second-order valence-electron chi connectivity index (χ2n) is 4.67. The van der Waals surface area contributed by atoms with Crippen LogP contribution in [0.15, 0.2) is 0 Å². The van der Waals surface area contributed by atoms with Crippen molar-refractivity contribution in [3.05, 3.63) is 5.82 Å². The third-order valence-corrected chi connectivity index (χ3v) is 3.28. The van der Waals surface area contributed by atoms with Crippen LogP contribution >= 0.6 is 11.5 Å². The third-order valence-electron chi connectivity index (χ3n) is 2.51. The Labute approximate surface area is 103 Å². The molecule has 0 radical (unpaired) electrons. The predicted molar refractivity (Wildman–Crippen MR) is 71.1 cm³/mol. The number of aromatic nitrogens is 2. The Morgan fingerprint density at radius 3 is 2.56 bits per heavy atom. The van der Waals surface area contributed by atoms with Crippen molar-refractivity contribution in [1.82, 2.24) is 9.36 Å². The number of aryl methyl sites for hydroxylation is 1. The molecule has 0 unspecified atom stereocenters. The Balaban J connectivity index is 1.92. The summed E-state index contributed by atoms with van der Waals surface area (Å²) in [6.45, 7) is 7.53. The van der Waals surface area contributed by atoms with Crippen LogP contribution in [0.1, 0.15) is 51.8 Å². The van der Waals surface area contributed by atoms with Gasteiger partial charge in [0.25, 0.3) is 0 Å². The van der Waals surface area contributed by atoms with E-state index in [1.54, 1.807) is 0 Å². The molecule has 3 nitrogen and oxygen atoms in total. The van der Waals surface area contributed by atoms with Gasteiger partial charge in [0.2, 0.25) is 5.13 Å². The van der Waals surface area contributed by atoms with Crippen LogP contribution in [0.5, 0.6) is 0 Å². The van der Waals surface area contributed by atoms with Crippen LogP contribution in [0.4, 0.5) is 5.13 Å². The third kappa shape index (κ3) is 6.05. The fourth-order valence-corrected chi connectivity index (χ4v) is 2.19. The highest BCUT2D eigenvalue weighted by Crippen LogP contribution is 2.12. The lowest BCUT2D eigenvalue weighted by molar-refractivity contribution is 0.523. The van der Waals surface area contributed by atoms with Gasteiger partial charge in [-0.15, -0.1) is 0 Å². The highest BCUT2D eigenvalue weighted by molar-refractivity contribution is 7.09. The maximum absolute atomic E-state index is 4.26. The molecule has 1 rings (SSSR count). The smallest absolute Gasteiger partial charge is 0.202 e. The van der Waals surface area contributed by atoms with Crippen LogP contribution in [0.2, 0.25) is 0 Å². The summed E-state index contributed by atoms with van der Waals surface area (Å²) in [5, 5.41) is 4.27. The standard InChI is InChI=1S/C12H23N3S/c1-10(2)8-6-4-5-7-9-13-12-14-11(3)15-16-12/h10H,4-9H2,1-3H3,(H,13,14,15). The van der Waals surface area contributed by atoms with Crippen LogP contribution < -0.4 is 5.32 Å². The minimum Gasteiger partial charge on any atom is -0.360 e. The first-order chi connectivity index (χ1) is 7.68. The van der Waals surface area contributed by atoms with E-state index in [4.69, 9.17) is 0 Å². The first-order valence-corrected chi connectivity index (χ1v) is 7.00. The molecule has 0 amide bonds. The summed E-state index contributed by atoms with van der Waals surface area (Å²) >= 11 is 1.45. The molecule has 92 valence electrons. The van der Waals surface area contributed by atoms with E-state index in [0.717, 1.165) is 23.4 Å². The van der Waals surface area contributed by atoms with Crippen molar-refractivity contribution >= 4 is 16.7 Å². The first kappa shape index (κ1) is 13.4. The quantitative estimate of drug-likeness (QED) is 0.702. The fourth-order valence-electron chi connectivity index (χ4n) is 1.60. The molecule has 0 saturated carbocycles. The molecule has 0 aliphatic heterocycles. The van der Waals surface area contributed by atoms with Crippen molar-refractivity contribution in [3.8, 4) is 0 Å². The van der Waals surface area contributed by atoms with E-state index in [1.165, 1.54) is 43.6 Å². The van der Waals surface area contributed by atoms with Gasteiger partial charge in [-0.05, 0) is 19.3 Å². The molecular weight excluding hydrogens is 218 g/mol. The lowest BCUT2D eigenvalue weighted by Gasteiger charge is -2.04. The van der Waals surface area contributed by atoms with E-state index in [0.29, 0.717) is 0 Å². The minimum atomic E-state index is 0.850. The van der Waals surface area contributed by atoms with Gasteiger partial charge in [-0.3, -0.25) is 0 Å². The average Bonchev–Trinajstić information content (AvgIpc) is 2.62. The Morgan fingerprint density at radius 1 is 1.19 bits per heavy atom. The van der Waals surface area contributed by atoms with Gasteiger partial charge in [-0.25, -0.2) is 4.98 Å². The molecular formula is C12H23N3S. The largest absolute Gasteiger partial charge is 0.360 e. The summed E-state index contributed by atoms with van der Waals surface area (Å²) in [4.78, 5) is 4.26. The number of nitrogens with one attached hydrogen (secondary N) is 1. The Bertz CT molecular complexity index is 284. The van der Waals surface area contributed by atoms with Crippen LogP contribution in [0.25, 0.3) is 0 Å². The van der Waals surface area contributed by atoms with Crippen molar-refractivity contribution in [2.45, 2.75) is 52.9 Å². The Morgan fingerprint density at radius 2 is 1.94 bits per heavy atom. The highest BCUT2D eigenvalue weighted by Gasteiger charge is 1.98. The summed E-state index contributed by atoms with van der Waals surface area (Å²) in [5.74, 6) is 1.71. The Kier molecular flexibility index (Phi) is 6.38. The van der Waals surface area contributed by atoms with Crippen molar-refractivity contribution in [2.75, 3.05) is 11.9 Å². The number of nitrogens with zero attached hydrogens (tertiary/aromatic N) is 2. The van der Waals surface area contributed by atoms with E-state index in [1.807, 2.05) is 6.92 Å². The van der Waals surface area contributed by atoms with Crippen LogP contribution in [0, 0.1) is 12.8 Å². The molecule has 0 bridgehead atoms. The van der Waals surface area contributed by atoms with Gasteiger partial charge >= 0.3 is 0 Å². The molecule has 16 heavy (non-hydrogen) atoms. The van der Waals surface area contributed by atoms with E-state index >= 15 is 0 Å². The second-order valence-corrected chi connectivity index (χ2v) is 5.42. The normalized spacial score (nSPS) is 11.0. The molecule has 4 heteroatoms. The van der Waals surface area contributed by atoms with E-state index in [-0.39, 0.29) is 0 Å². The van der Waals surface area contributed by atoms with Crippen LogP contribution in [-0.4, -0.2) is 15.9 Å². The lowest BCUT2D eigenvalue weighted by Crippen LogP contribution is -2.01. The lowest BCUT2D eigenvalue weighted by atomic mass is 10.0. The van der Waals surface area contributed by atoms with Crippen molar-refractivity contribution < 1.29 is 0 Å². The summed E-state index contributed by atoms with van der Waals surface area (Å²) in [6.07, 6.45) is 6.64. The summed E-state index contributed by atoms with van der Waals surface area (Å²) in [5.41, 5.74) is 0. The number of anilines is 1. The van der Waals surface area contributed by atoms with Gasteiger partial charge in [-0.2, -0.15) is 4.37 Å². The van der Waals surface area contributed by atoms with Gasteiger partial charge in [0, 0.05) is 18.1 Å². The maximum Gasteiger partial charge on any atom is 0.202 e. The molecule has 1 heterocycles. The zero-order valence-corrected chi connectivity index (χ0v) is 11.4. The van der Waals surface area contributed by atoms with E-state index in [2.05, 4.69) is 28.5 Å². The number of hydrogen-bond donors (Lipinski definition) is 1. The molecule has 0 aliphatic rings. The van der Waals surface area contributed by atoms with E-state index < -0.39 is 0 Å². The summed E-state index contributed by atoms with van der Waals surface area (Å²) in [6, 6.07) is 0. The minimum absolute atomic E-state index is 0.850. The molecule has 0 saturated heterocycles. The zero-order valence-electron chi connectivity index (χ0n) is 10.6. The summed E-state index contributed by atoms with van der Waals surface area (Å²) in [7, 11) is 0. The topological polar surface area (TPSA) is 37.8 Å². The average molecular weight is 241 g/mol. The van der Waals surface area contributed by atoms with Gasteiger partial charge in [0.15, 0.2) is 0 Å². The summed E-state index contributed by atoms with van der Waals surface area (Å²) < 4.78 is 4.13. The fraction of sp³-hybridized carbons (Fsp3) is 0.833. The van der Waals surface area contributed by atoms with Crippen molar-refractivity contribution in [2.24, 2.45) is 5.92 Å². The second kappa shape index (κ2) is 7.60. The van der Waals surface area contributed by atoms with Gasteiger partial charge < -0.3 is 5.32 Å². The van der Waals surface area contributed by atoms with Gasteiger partial charge in [0.1, 0.15) is 5.82 Å². The van der Waals surface area contributed by atoms with Crippen molar-refractivity contribution in [1.29, 1.82) is 0 Å². The molecule has 0 atom stereocenters. The maximum atomic E-state index is 4.26. The molecule has 0 spiro atoms. The van der Waals surface area contributed by atoms with Crippen LogP contribution in [0.3, 0.4) is 0 Å². The molecule has 0 fully saturated rings. The SMILES string of the molecule is Cc1nsc(NCCCCCCC(C)C)n1. The van der Waals surface area contributed by atoms with E-state index in [9.17, 15) is 0 Å².